The molecule has 0 aromatic heterocycles. The highest BCUT2D eigenvalue weighted by Gasteiger charge is 2.30. The number of imide groups is 1. The van der Waals surface area contributed by atoms with E-state index in [9.17, 15) is 31.5 Å². The third-order valence-corrected chi connectivity index (χ3v) is 3.63. The Labute approximate surface area is 157 Å². The molecular weight excluding hydrogens is 381 g/mol. The van der Waals surface area contributed by atoms with Crippen molar-refractivity contribution in [2.45, 2.75) is 13.1 Å². The average molecular weight is 395 g/mol. The molecule has 2 rings (SSSR count). The summed E-state index contributed by atoms with van der Waals surface area (Å²) in [5, 5.41) is 1.99. The van der Waals surface area contributed by atoms with E-state index in [1.54, 1.807) is 0 Å². The second kappa shape index (κ2) is 8.16. The molecule has 2 amide bonds. The van der Waals surface area contributed by atoms with Gasteiger partial charge in [-0.25, -0.2) is 8.78 Å². The minimum absolute atomic E-state index is 0.0156. The molecule has 0 saturated heterocycles. The predicted molar refractivity (Wildman–Crippen MR) is 93.6 cm³/mol. The van der Waals surface area contributed by atoms with Crippen molar-refractivity contribution in [1.29, 1.82) is 0 Å². The Morgan fingerprint density at radius 3 is 2.11 bits per heavy atom. The number of hydrogen-bond acceptors (Lipinski definition) is 2. The zero-order valence-electron chi connectivity index (χ0n) is 14.5. The normalized spacial score (nSPS) is 11.9. The van der Waals surface area contributed by atoms with E-state index in [2.05, 4.69) is 6.58 Å². The minimum Gasteiger partial charge on any atom is -0.288 e. The monoisotopic (exact) mass is 395 g/mol. The highest BCUT2D eigenvalue weighted by atomic mass is 19.4. The Morgan fingerprint density at radius 2 is 1.61 bits per heavy atom. The molecule has 0 unspecified atom stereocenters. The molecule has 0 aliphatic rings. The van der Waals surface area contributed by atoms with Crippen molar-refractivity contribution in [3.05, 3.63) is 82.9 Å². The smallest absolute Gasteiger partial charge is 0.288 e. The summed E-state index contributed by atoms with van der Waals surface area (Å²) in [6.07, 6.45) is -3.45. The van der Waals surface area contributed by atoms with Crippen LogP contribution in [0.1, 0.15) is 23.6 Å². The molecule has 1 N–H and O–H groups in total. The van der Waals surface area contributed by atoms with Crippen LogP contribution in [0.2, 0.25) is 0 Å². The number of nitrogens with one attached hydrogen (secondary N) is 1. The fraction of sp³-hybridized carbons (Fsp3) is 0.100. The van der Waals surface area contributed by atoms with Gasteiger partial charge >= 0.3 is 6.18 Å². The van der Waals surface area contributed by atoms with Crippen molar-refractivity contribution in [2.75, 3.05) is 0 Å². The van der Waals surface area contributed by atoms with Crippen LogP contribution in [0.15, 0.2) is 54.6 Å². The first-order valence-electron chi connectivity index (χ1n) is 7.84. The molecule has 28 heavy (non-hydrogen) atoms. The van der Waals surface area contributed by atoms with Crippen LogP contribution in [-0.2, 0) is 15.8 Å². The van der Waals surface area contributed by atoms with Gasteiger partial charge < -0.3 is 0 Å². The van der Waals surface area contributed by atoms with E-state index >= 15 is 0 Å². The quantitative estimate of drug-likeness (QED) is 0.462. The molecule has 2 aromatic rings. The van der Waals surface area contributed by atoms with E-state index in [0.29, 0.717) is 6.07 Å². The molecule has 0 fully saturated rings. The van der Waals surface area contributed by atoms with Gasteiger partial charge in [0.25, 0.3) is 11.8 Å². The molecule has 0 aliphatic carbocycles. The number of rotatable bonds is 4. The first-order valence-corrected chi connectivity index (χ1v) is 7.84. The van der Waals surface area contributed by atoms with Gasteiger partial charge in [-0.2, -0.15) is 13.2 Å². The Hall–Kier alpha value is -3.29. The van der Waals surface area contributed by atoms with Crippen LogP contribution in [0.3, 0.4) is 0 Å². The Balaban J connectivity index is 2.51. The lowest BCUT2D eigenvalue weighted by molar-refractivity contribution is -0.137. The topological polar surface area (TPSA) is 46.2 Å². The van der Waals surface area contributed by atoms with Crippen molar-refractivity contribution < 1.29 is 31.5 Å². The van der Waals surface area contributed by atoms with Gasteiger partial charge in [-0.05, 0) is 42.8 Å². The summed E-state index contributed by atoms with van der Waals surface area (Å²) in [5.41, 5.74) is -1.44. The zero-order chi connectivity index (χ0) is 21.1. The van der Waals surface area contributed by atoms with Crippen molar-refractivity contribution >= 4 is 23.5 Å². The molecule has 0 saturated carbocycles. The number of amides is 2. The Kier molecular flexibility index (Phi) is 6.12. The summed E-state index contributed by atoms with van der Waals surface area (Å²) in [5.74, 6) is -3.78. The fourth-order valence-electron chi connectivity index (χ4n) is 2.19. The molecule has 8 heteroatoms. The molecule has 0 aliphatic heterocycles. The molecule has 2 aromatic carbocycles. The second-order valence-corrected chi connectivity index (χ2v) is 5.87. The summed E-state index contributed by atoms with van der Waals surface area (Å²) in [6.45, 7) is 4.72. The van der Waals surface area contributed by atoms with E-state index in [1.165, 1.54) is 6.92 Å². The summed E-state index contributed by atoms with van der Waals surface area (Å²) in [7, 11) is 0. The van der Waals surface area contributed by atoms with Gasteiger partial charge in [0.1, 0.15) is 11.6 Å². The summed E-state index contributed by atoms with van der Waals surface area (Å²) < 4.78 is 65.4. The number of carbonyl (C=O) groups is 2. The Bertz CT molecular complexity index is 960. The molecule has 0 heterocycles. The van der Waals surface area contributed by atoms with Gasteiger partial charge in [0.15, 0.2) is 0 Å². The summed E-state index contributed by atoms with van der Waals surface area (Å²) in [6, 6.07) is 6.20. The molecule has 0 atom stereocenters. The van der Waals surface area contributed by atoms with E-state index in [0.717, 1.165) is 42.5 Å². The maximum atomic E-state index is 14.2. The molecule has 0 bridgehead atoms. The first kappa shape index (κ1) is 21.0. The number of benzene rings is 2. The van der Waals surface area contributed by atoms with Gasteiger partial charge in [0.2, 0.25) is 0 Å². The highest BCUT2D eigenvalue weighted by Crippen LogP contribution is 2.30. The lowest BCUT2D eigenvalue weighted by Crippen LogP contribution is -2.31. The summed E-state index contributed by atoms with van der Waals surface area (Å²) in [4.78, 5) is 24.1. The fourth-order valence-corrected chi connectivity index (χ4v) is 2.19. The highest BCUT2D eigenvalue weighted by molar-refractivity contribution is 6.28. The third-order valence-electron chi connectivity index (χ3n) is 3.63. The Morgan fingerprint density at radius 1 is 1.00 bits per heavy atom. The van der Waals surface area contributed by atoms with Crippen LogP contribution in [0.4, 0.5) is 22.0 Å². The number of alkyl halides is 3. The molecule has 146 valence electrons. The number of halogens is 5. The van der Waals surface area contributed by atoms with E-state index in [4.69, 9.17) is 0 Å². The largest absolute Gasteiger partial charge is 0.416 e. The van der Waals surface area contributed by atoms with Crippen LogP contribution < -0.4 is 5.32 Å². The third kappa shape index (κ3) is 5.12. The van der Waals surface area contributed by atoms with E-state index in [1.807, 2.05) is 5.32 Å². The standard InChI is InChI=1S/C20H14F5NO2/c1-11(2)18(27)26-19(28)16(15-8-7-14(21)10-17(15)22)9-12-3-5-13(6-4-12)20(23,24)25/h3-10H,1H2,2H3,(H,26,27,28)/b16-9+. The van der Waals surface area contributed by atoms with Crippen LogP contribution in [-0.4, -0.2) is 11.8 Å². The van der Waals surface area contributed by atoms with E-state index in [-0.39, 0.29) is 22.3 Å². The molecular formula is C20H14F5NO2. The summed E-state index contributed by atoms with van der Waals surface area (Å²) >= 11 is 0. The molecule has 3 nitrogen and oxygen atoms in total. The maximum absolute atomic E-state index is 14.2. The van der Waals surface area contributed by atoms with Crippen molar-refractivity contribution in [3.63, 3.8) is 0 Å². The van der Waals surface area contributed by atoms with Crippen LogP contribution in [0.25, 0.3) is 11.6 Å². The van der Waals surface area contributed by atoms with Gasteiger partial charge in [-0.15, -0.1) is 0 Å². The molecule has 0 radical (unpaired) electrons. The average Bonchev–Trinajstić information content (AvgIpc) is 2.59. The predicted octanol–water partition coefficient (Wildman–Crippen LogP) is 4.74. The van der Waals surface area contributed by atoms with Crippen LogP contribution in [0, 0.1) is 11.6 Å². The second-order valence-electron chi connectivity index (χ2n) is 5.87. The van der Waals surface area contributed by atoms with Crippen LogP contribution in [0.5, 0.6) is 0 Å². The minimum atomic E-state index is -4.54. The van der Waals surface area contributed by atoms with Gasteiger partial charge in [0.05, 0.1) is 11.1 Å². The lowest BCUT2D eigenvalue weighted by atomic mass is 10.0. The van der Waals surface area contributed by atoms with Crippen molar-refractivity contribution in [2.24, 2.45) is 0 Å². The van der Waals surface area contributed by atoms with Gasteiger partial charge in [0, 0.05) is 17.2 Å². The number of carbonyl (C=O) groups excluding carboxylic acids is 2. The van der Waals surface area contributed by atoms with Gasteiger partial charge in [-0.1, -0.05) is 18.7 Å². The van der Waals surface area contributed by atoms with E-state index < -0.39 is 35.2 Å². The van der Waals surface area contributed by atoms with Crippen molar-refractivity contribution in [1.82, 2.24) is 5.32 Å². The SMILES string of the molecule is C=C(C)C(=O)NC(=O)/C(=C/c1ccc(C(F)(F)F)cc1)c1ccc(F)cc1F. The lowest BCUT2D eigenvalue weighted by Gasteiger charge is -2.11. The first-order chi connectivity index (χ1) is 13.0. The van der Waals surface area contributed by atoms with Crippen LogP contribution >= 0.6 is 0 Å². The van der Waals surface area contributed by atoms with Crippen molar-refractivity contribution in [3.8, 4) is 0 Å². The maximum Gasteiger partial charge on any atom is 0.416 e. The molecule has 0 spiro atoms. The zero-order valence-corrected chi connectivity index (χ0v) is 14.5. The number of hydrogen-bond donors (Lipinski definition) is 1. The van der Waals surface area contributed by atoms with Gasteiger partial charge in [-0.3, -0.25) is 14.9 Å².